The number of hydrogen-bond donors (Lipinski definition) is 1. The Morgan fingerprint density at radius 1 is 1.27 bits per heavy atom. The van der Waals surface area contributed by atoms with Gasteiger partial charge in [-0.05, 0) is 37.6 Å². The summed E-state index contributed by atoms with van der Waals surface area (Å²) in [6, 6.07) is 0.364. The lowest BCUT2D eigenvalue weighted by atomic mass is 9.77. The van der Waals surface area contributed by atoms with Gasteiger partial charge in [-0.1, -0.05) is 27.7 Å². The van der Waals surface area contributed by atoms with E-state index in [9.17, 15) is 5.11 Å². The molecule has 0 aromatic rings. The van der Waals surface area contributed by atoms with Crippen molar-refractivity contribution >= 4 is 0 Å². The molecule has 4 unspecified atom stereocenters. The molecule has 1 N–H and O–H groups in total. The number of aliphatic hydroxyl groups excluding tert-OH is 1. The van der Waals surface area contributed by atoms with Gasteiger partial charge in [0.15, 0.2) is 0 Å². The van der Waals surface area contributed by atoms with Gasteiger partial charge in [0.25, 0.3) is 0 Å². The second-order valence-electron chi connectivity index (χ2n) is 5.95. The molecule has 2 nitrogen and oxygen atoms in total. The zero-order valence-electron chi connectivity index (χ0n) is 10.9. The smallest absolute Gasteiger partial charge is 0.0700 e. The number of likely N-dealkylation sites (N-methyl/N-ethyl adjacent to an activating group) is 1. The minimum Gasteiger partial charge on any atom is -0.391 e. The van der Waals surface area contributed by atoms with Gasteiger partial charge in [0.1, 0.15) is 0 Å². The van der Waals surface area contributed by atoms with Gasteiger partial charge in [0.05, 0.1) is 6.10 Å². The zero-order chi connectivity index (χ0) is 11.6. The van der Waals surface area contributed by atoms with Gasteiger partial charge >= 0.3 is 0 Å². The molecule has 0 amide bonds. The van der Waals surface area contributed by atoms with Crippen molar-refractivity contribution in [1.82, 2.24) is 4.90 Å². The minimum absolute atomic E-state index is 0.132. The minimum atomic E-state index is -0.132. The summed E-state index contributed by atoms with van der Waals surface area (Å²) in [5.41, 5.74) is 0. The fourth-order valence-corrected chi connectivity index (χ4v) is 3.23. The first-order valence-electron chi connectivity index (χ1n) is 6.30. The molecule has 4 atom stereocenters. The summed E-state index contributed by atoms with van der Waals surface area (Å²) in [5, 5.41) is 10.2. The fraction of sp³-hybridized carbons (Fsp3) is 1.00. The maximum atomic E-state index is 10.2. The van der Waals surface area contributed by atoms with Gasteiger partial charge in [0.2, 0.25) is 0 Å². The summed E-state index contributed by atoms with van der Waals surface area (Å²) in [4.78, 5) is 2.35. The van der Waals surface area contributed by atoms with Crippen molar-refractivity contribution in [3.8, 4) is 0 Å². The normalized spacial score (nSPS) is 37.6. The molecule has 0 aromatic heterocycles. The van der Waals surface area contributed by atoms with Crippen LogP contribution >= 0.6 is 0 Å². The predicted octanol–water partition coefficient (Wildman–Crippen LogP) is 2.37. The molecule has 0 saturated heterocycles. The lowest BCUT2D eigenvalue weighted by Gasteiger charge is -2.42. The van der Waals surface area contributed by atoms with E-state index in [4.69, 9.17) is 0 Å². The summed E-state index contributed by atoms with van der Waals surface area (Å²) in [5.74, 6) is 1.97. The first-order chi connectivity index (χ1) is 6.91. The van der Waals surface area contributed by atoms with Crippen molar-refractivity contribution in [2.24, 2.45) is 17.8 Å². The highest BCUT2D eigenvalue weighted by Gasteiger charge is 2.35. The van der Waals surface area contributed by atoms with Crippen molar-refractivity contribution < 1.29 is 5.11 Å². The Kier molecular flexibility index (Phi) is 4.60. The van der Waals surface area contributed by atoms with Crippen LogP contribution in [0.5, 0.6) is 0 Å². The Hall–Kier alpha value is -0.0800. The molecular weight excluding hydrogens is 186 g/mol. The fourth-order valence-electron chi connectivity index (χ4n) is 3.23. The molecule has 2 heteroatoms. The molecule has 0 heterocycles. The lowest BCUT2D eigenvalue weighted by Crippen LogP contribution is -2.50. The lowest BCUT2D eigenvalue weighted by molar-refractivity contribution is -0.0175. The maximum Gasteiger partial charge on any atom is 0.0700 e. The van der Waals surface area contributed by atoms with E-state index < -0.39 is 0 Å². The van der Waals surface area contributed by atoms with E-state index in [0.717, 1.165) is 13.0 Å². The molecule has 15 heavy (non-hydrogen) atoms. The van der Waals surface area contributed by atoms with Crippen molar-refractivity contribution in [3.05, 3.63) is 0 Å². The third kappa shape index (κ3) is 3.46. The molecule has 1 fully saturated rings. The predicted molar refractivity (Wildman–Crippen MR) is 64.8 cm³/mol. The first kappa shape index (κ1) is 13.0. The average molecular weight is 213 g/mol. The Bertz CT molecular complexity index is 181. The van der Waals surface area contributed by atoms with Gasteiger partial charge in [-0.3, -0.25) is 0 Å². The van der Waals surface area contributed by atoms with Crippen LogP contribution in [0.2, 0.25) is 0 Å². The second-order valence-corrected chi connectivity index (χ2v) is 5.95. The standard InChI is InChI=1S/C13H27NO/c1-9(2)8-14(5)13-11(4)6-10(3)7-12(13)15/h9-13,15H,6-8H2,1-5H3. The molecule has 0 aliphatic heterocycles. The van der Waals surface area contributed by atoms with Crippen LogP contribution in [0.1, 0.15) is 40.5 Å². The van der Waals surface area contributed by atoms with Crippen molar-refractivity contribution in [2.75, 3.05) is 13.6 Å². The number of aliphatic hydroxyl groups is 1. The van der Waals surface area contributed by atoms with E-state index in [-0.39, 0.29) is 6.10 Å². The monoisotopic (exact) mass is 213 g/mol. The number of hydrogen-bond acceptors (Lipinski definition) is 2. The zero-order valence-corrected chi connectivity index (χ0v) is 10.9. The van der Waals surface area contributed by atoms with Crippen LogP contribution in [0, 0.1) is 17.8 Å². The van der Waals surface area contributed by atoms with Crippen LogP contribution in [-0.2, 0) is 0 Å². The SMILES string of the molecule is CC(C)CN(C)C1C(C)CC(C)CC1O. The van der Waals surface area contributed by atoms with Crippen LogP contribution in [0.4, 0.5) is 0 Å². The molecule has 1 saturated carbocycles. The molecule has 90 valence electrons. The van der Waals surface area contributed by atoms with E-state index in [0.29, 0.717) is 23.8 Å². The van der Waals surface area contributed by atoms with Gasteiger partial charge in [0, 0.05) is 12.6 Å². The van der Waals surface area contributed by atoms with Crippen LogP contribution in [-0.4, -0.2) is 35.7 Å². The quantitative estimate of drug-likeness (QED) is 0.778. The number of rotatable bonds is 3. The Morgan fingerprint density at radius 3 is 2.33 bits per heavy atom. The third-order valence-electron chi connectivity index (χ3n) is 3.56. The highest BCUT2D eigenvalue weighted by Crippen LogP contribution is 2.31. The molecule has 0 aromatic carbocycles. The average Bonchev–Trinajstić information content (AvgIpc) is 1.99. The van der Waals surface area contributed by atoms with Crippen LogP contribution in [0.3, 0.4) is 0 Å². The highest BCUT2D eigenvalue weighted by atomic mass is 16.3. The van der Waals surface area contributed by atoms with Crippen LogP contribution in [0.15, 0.2) is 0 Å². The van der Waals surface area contributed by atoms with Gasteiger partial charge in [-0.2, -0.15) is 0 Å². The van der Waals surface area contributed by atoms with Gasteiger partial charge in [-0.25, -0.2) is 0 Å². The second kappa shape index (κ2) is 5.31. The van der Waals surface area contributed by atoms with Gasteiger partial charge in [-0.15, -0.1) is 0 Å². The summed E-state index contributed by atoms with van der Waals surface area (Å²) >= 11 is 0. The highest BCUT2D eigenvalue weighted by molar-refractivity contribution is 4.88. The van der Waals surface area contributed by atoms with E-state index in [2.05, 4.69) is 39.6 Å². The largest absolute Gasteiger partial charge is 0.391 e. The molecule has 0 radical (unpaired) electrons. The summed E-state index contributed by atoms with van der Waals surface area (Å²) in [6.45, 7) is 10.1. The van der Waals surface area contributed by atoms with Crippen molar-refractivity contribution in [3.63, 3.8) is 0 Å². The molecule has 1 rings (SSSR count). The van der Waals surface area contributed by atoms with E-state index in [1.807, 2.05) is 0 Å². The summed E-state index contributed by atoms with van der Waals surface area (Å²) in [6.07, 6.45) is 2.09. The van der Waals surface area contributed by atoms with E-state index in [1.54, 1.807) is 0 Å². The summed E-state index contributed by atoms with van der Waals surface area (Å²) < 4.78 is 0. The van der Waals surface area contributed by atoms with Gasteiger partial charge < -0.3 is 10.0 Å². The molecule has 0 spiro atoms. The molecule has 0 bridgehead atoms. The Morgan fingerprint density at radius 2 is 1.87 bits per heavy atom. The first-order valence-corrected chi connectivity index (χ1v) is 6.30. The molecular formula is C13H27NO. The topological polar surface area (TPSA) is 23.5 Å². The summed E-state index contributed by atoms with van der Waals surface area (Å²) in [7, 11) is 2.15. The van der Waals surface area contributed by atoms with E-state index in [1.165, 1.54) is 6.42 Å². The van der Waals surface area contributed by atoms with Crippen LogP contribution in [0.25, 0.3) is 0 Å². The Balaban J connectivity index is 2.58. The third-order valence-corrected chi connectivity index (χ3v) is 3.56. The number of nitrogens with zero attached hydrogens (tertiary/aromatic N) is 1. The van der Waals surface area contributed by atoms with E-state index >= 15 is 0 Å². The van der Waals surface area contributed by atoms with Crippen molar-refractivity contribution in [2.45, 2.75) is 52.7 Å². The maximum absolute atomic E-state index is 10.2. The molecule has 1 aliphatic carbocycles. The molecule has 1 aliphatic rings. The Labute approximate surface area is 94.7 Å². The van der Waals surface area contributed by atoms with Crippen molar-refractivity contribution in [1.29, 1.82) is 0 Å². The van der Waals surface area contributed by atoms with Crippen LogP contribution < -0.4 is 0 Å².